The second kappa shape index (κ2) is 26.2. The Kier molecular flexibility index (Phi) is 21.8. The fourth-order valence-corrected chi connectivity index (χ4v) is 14.9. The van der Waals surface area contributed by atoms with Gasteiger partial charge in [-0.25, -0.2) is 0 Å². The highest BCUT2D eigenvalue weighted by Gasteiger charge is 2.59. The molecule has 8 atom stereocenters. The molecule has 0 heterocycles. The average molecular weight is 913 g/mol. The van der Waals surface area contributed by atoms with E-state index in [1.165, 1.54) is 82.6 Å². The van der Waals surface area contributed by atoms with Crippen molar-refractivity contribution in [2.24, 2.45) is 46.3 Å². The van der Waals surface area contributed by atoms with Crippen molar-refractivity contribution in [3.63, 3.8) is 0 Å². The standard InChI is InChI=1S/C54H92N2O5S2/c1-9-10-12-19-42-38-43(42)27-35-60-51(58)29-37-63-62-36-28-50(57)56(34-16-32-55(7)8)33-14-11-13-20-52(59)61-45-25-30-53(5)44(39-45)21-22-46-48-24-23-47(41(4)18-15-17-40(2)3)54(48,6)31-26-49(46)53/h21,40-41,45-49H,9-20,22-39H2,1-8H3. The molecule has 7 nitrogen and oxygen atoms in total. The van der Waals surface area contributed by atoms with E-state index in [9.17, 15) is 14.4 Å². The third kappa shape index (κ3) is 15.8. The molecule has 5 aliphatic rings. The van der Waals surface area contributed by atoms with Crippen LogP contribution >= 0.6 is 21.6 Å². The Labute approximate surface area is 394 Å². The summed E-state index contributed by atoms with van der Waals surface area (Å²) in [7, 11) is 7.48. The number of esters is 2. The lowest BCUT2D eigenvalue weighted by molar-refractivity contribution is -0.151. The Morgan fingerprint density at radius 3 is 2.30 bits per heavy atom. The van der Waals surface area contributed by atoms with E-state index in [-0.39, 0.29) is 29.4 Å². The van der Waals surface area contributed by atoms with Crippen molar-refractivity contribution in [2.45, 2.75) is 202 Å². The summed E-state index contributed by atoms with van der Waals surface area (Å²) in [6.45, 7) is 17.8. The van der Waals surface area contributed by atoms with Crippen LogP contribution in [-0.4, -0.2) is 85.6 Å². The van der Waals surface area contributed by atoms with Crippen LogP contribution in [0.15, 0.2) is 22.8 Å². The van der Waals surface area contributed by atoms with E-state index in [2.05, 4.69) is 66.6 Å². The first-order valence-corrected chi connectivity index (χ1v) is 28.6. The summed E-state index contributed by atoms with van der Waals surface area (Å²) in [6.07, 6.45) is 28.8. The Morgan fingerprint density at radius 2 is 1.54 bits per heavy atom. The first kappa shape index (κ1) is 52.5. The van der Waals surface area contributed by atoms with E-state index in [4.69, 9.17) is 9.47 Å². The molecule has 9 heteroatoms. The zero-order chi connectivity index (χ0) is 45.4. The molecule has 5 rings (SSSR count). The molecule has 0 aromatic rings. The fourth-order valence-electron chi connectivity index (χ4n) is 12.9. The zero-order valence-electron chi connectivity index (χ0n) is 41.6. The van der Waals surface area contributed by atoms with Crippen LogP contribution in [0.25, 0.3) is 0 Å². The number of amides is 1. The molecule has 0 aromatic heterocycles. The lowest BCUT2D eigenvalue weighted by Gasteiger charge is -2.58. The molecule has 0 aliphatic heterocycles. The van der Waals surface area contributed by atoms with Crippen LogP contribution in [0.1, 0.15) is 196 Å². The Balaban J connectivity index is 0.953. The van der Waals surface area contributed by atoms with Gasteiger partial charge in [-0.05, 0) is 150 Å². The first-order chi connectivity index (χ1) is 30.2. The van der Waals surface area contributed by atoms with E-state index >= 15 is 0 Å². The number of hydrogen-bond acceptors (Lipinski definition) is 8. The summed E-state index contributed by atoms with van der Waals surface area (Å²) in [6, 6.07) is 0. The van der Waals surface area contributed by atoms with Gasteiger partial charge in [-0.15, -0.1) is 0 Å². The highest BCUT2D eigenvalue weighted by atomic mass is 33.1. The summed E-state index contributed by atoms with van der Waals surface area (Å²) >= 11 is 0. The Morgan fingerprint density at radius 1 is 0.778 bits per heavy atom. The first-order valence-electron chi connectivity index (χ1n) is 26.2. The zero-order valence-corrected chi connectivity index (χ0v) is 43.2. The summed E-state index contributed by atoms with van der Waals surface area (Å²) in [5, 5.41) is 0. The topological polar surface area (TPSA) is 76.2 Å². The highest BCUT2D eigenvalue weighted by molar-refractivity contribution is 8.76. The molecule has 3 fully saturated rings. The molecule has 3 saturated carbocycles. The molecule has 0 spiro atoms. The minimum atomic E-state index is -0.120. The minimum Gasteiger partial charge on any atom is -0.465 e. The van der Waals surface area contributed by atoms with Crippen molar-refractivity contribution in [3.05, 3.63) is 22.8 Å². The molecule has 0 radical (unpaired) electrons. The third-order valence-electron chi connectivity index (χ3n) is 16.7. The van der Waals surface area contributed by atoms with Gasteiger partial charge < -0.3 is 19.3 Å². The number of carbonyl (C=O) groups excluding carboxylic acids is 3. The largest absolute Gasteiger partial charge is 0.465 e. The second-order valence-corrected chi connectivity index (χ2v) is 24.7. The molecule has 5 aliphatic carbocycles. The molecule has 0 bridgehead atoms. The van der Waals surface area contributed by atoms with Crippen LogP contribution in [0.3, 0.4) is 0 Å². The maximum Gasteiger partial charge on any atom is 0.306 e. The Bertz CT molecular complexity index is 1510. The lowest BCUT2D eigenvalue weighted by Crippen LogP contribution is -2.51. The lowest BCUT2D eigenvalue weighted by atomic mass is 9.47. The van der Waals surface area contributed by atoms with Crippen molar-refractivity contribution in [3.8, 4) is 0 Å². The normalized spacial score (nSPS) is 28.0. The predicted octanol–water partition coefficient (Wildman–Crippen LogP) is 13.7. The van der Waals surface area contributed by atoms with Crippen LogP contribution in [0.2, 0.25) is 0 Å². The van der Waals surface area contributed by atoms with E-state index in [0.29, 0.717) is 37.0 Å². The molecule has 360 valence electrons. The van der Waals surface area contributed by atoms with Crippen molar-refractivity contribution < 1.29 is 23.9 Å². The van der Waals surface area contributed by atoms with Gasteiger partial charge in [0.2, 0.25) is 5.91 Å². The highest BCUT2D eigenvalue weighted by Crippen LogP contribution is 2.67. The van der Waals surface area contributed by atoms with Gasteiger partial charge in [0.1, 0.15) is 6.10 Å². The van der Waals surface area contributed by atoms with Gasteiger partial charge >= 0.3 is 11.9 Å². The third-order valence-corrected chi connectivity index (χ3v) is 19.1. The van der Waals surface area contributed by atoms with Crippen molar-refractivity contribution in [1.82, 2.24) is 9.80 Å². The summed E-state index contributed by atoms with van der Waals surface area (Å²) < 4.78 is 11.7. The van der Waals surface area contributed by atoms with Gasteiger partial charge in [0.25, 0.3) is 0 Å². The number of nitrogens with zero attached hydrogens (tertiary/aromatic N) is 2. The van der Waals surface area contributed by atoms with Crippen molar-refractivity contribution >= 4 is 39.4 Å². The van der Waals surface area contributed by atoms with Gasteiger partial charge in [0.15, 0.2) is 0 Å². The minimum absolute atomic E-state index is 0.0167. The molecule has 0 N–H and O–H groups in total. The van der Waals surface area contributed by atoms with Crippen LogP contribution in [-0.2, 0) is 23.9 Å². The van der Waals surface area contributed by atoms with Crippen LogP contribution < -0.4 is 0 Å². The van der Waals surface area contributed by atoms with Crippen molar-refractivity contribution in [2.75, 3.05) is 51.8 Å². The van der Waals surface area contributed by atoms with E-state index < -0.39 is 0 Å². The number of allylic oxidation sites excluding steroid dienone is 2. The summed E-state index contributed by atoms with van der Waals surface area (Å²) in [5.74, 6) is 6.50. The molecular weight excluding hydrogens is 821 g/mol. The van der Waals surface area contributed by atoms with E-state index in [0.717, 1.165) is 119 Å². The number of fused-ring (bicyclic) bond motifs is 5. The molecule has 63 heavy (non-hydrogen) atoms. The van der Waals surface area contributed by atoms with E-state index in [1.54, 1.807) is 32.7 Å². The van der Waals surface area contributed by atoms with Crippen LogP contribution in [0.4, 0.5) is 0 Å². The molecule has 8 unspecified atom stereocenters. The van der Waals surface area contributed by atoms with Crippen molar-refractivity contribution in [1.29, 1.82) is 0 Å². The Hall–Kier alpha value is -1.45. The van der Waals surface area contributed by atoms with Gasteiger partial charge in [-0.1, -0.05) is 124 Å². The maximum atomic E-state index is 13.3. The predicted molar refractivity (Wildman–Crippen MR) is 267 cm³/mol. The van der Waals surface area contributed by atoms with Gasteiger partial charge in [0, 0.05) is 50.3 Å². The number of rotatable bonds is 30. The fraction of sp³-hybridized carbons (Fsp3) is 0.870. The number of hydrogen-bond donors (Lipinski definition) is 0. The molecule has 0 aromatic carbocycles. The monoisotopic (exact) mass is 913 g/mol. The summed E-state index contributed by atoms with van der Waals surface area (Å²) in [5.41, 5.74) is 5.46. The van der Waals surface area contributed by atoms with Gasteiger partial charge in [0.05, 0.1) is 13.0 Å². The average Bonchev–Trinajstić information content (AvgIpc) is 3.88. The molecule has 0 saturated heterocycles. The van der Waals surface area contributed by atoms with Crippen LogP contribution in [0, 0.1) is 46.3 Å². The van der Waals surface area contributed by atoms with Crippen LogP contribution in [0.5, 0.6) is 0 Å². The summed E-state index contributed by atoms with van der Waals surface area (Å²) in [4.78, 5) is 42.9. The molecular formula is C54H92N2O5S2. The SMILES string of the molecule is CCCCCC1=C(CCOC(=O)CCSSCCC(=O)N(CCCCCC(=O)OC2CCC3(C)C(=CCC4C3CCC3(C)C(C(C)CCCC(C)C)CCC43)C2)CCCN(C)C)C1. The van der Waals surface area contributed by atoms with Gasteiger partial charge in [-0.2, -0.15) is 0 Å². The number of carbonyl (C=O) groups is 3. The maximum absolute atomic E-state index is 13.3. The second-order valence-electron chi connectivity index (χ2n) is 21.9. The quantitative estimate of drug-likeness (QED) is 0.0305. The van der Waals surface area contributed by atoms with E-state index in [1.807, 2.05) is 4.90 Å². The number of unbranched alkanes of at least 4 members (excludes halogenated alkanes) is 4. The van der Waals surface area contributed by atoms with Gasteiger partial charge in [-0.3, -0.25) is 14.4 Å². The smallest absolute Gasteiger partial charge is 0.306 e. The molecule has 1 amide bonds. The number of ether oxygens (including phenoxy) is 2.